The van der Waals surface area contributed by atoms with Gasteiger partial charge < -0.3 is 15.5 Å². The molecule has 1 aromatic rings. The number of piperidine rings is 2. The number of amides is 3. The van der Waals surface area contributed by atoms with Crippen LogP contribution in [0.4, 0.5) is 23.7 Å². The van der Waals surface area contributed by atoms with E-state index in [0.29, 0.717) is 12.8 Å². The Hall–Kier alpha value is -2.25. The number of para-hydroxylation sites is 1. The van der Waals surface area contributed by atoms with Crippen molar-refractivity contribution in [2.45, 2.75) is 63.3 Å². The van der Waals surface area contributed by atoms with E-state index in [0.717, 1.165) is 25.3 Å². The van der Waals surface area contributed by atoms with E-state index in [1.165, 1.54) is 25.1 Å². The summed E-state index contributed by atoms with van der Waals surface area (Å²) >= 11 is 0. The van der Waals surface area contributed by atoms with Crippen LogP contribution in [0.5, 0.6) is 0 Å². The lowest BCUT2D eigenvalue weighted by atomic mass is 9.82. The lowest BCUT2D eigenvalue weighted by molar-refractivity contribution is -0.137. The summed E-state index contributed by atoms with van der Waals surface area (Å²) in [6.45, 7) is 1.46. The summed E-state index contributed by atoms with van der Waals surface area (Å²) in [6, 6.07) is 4.35. The van der Waals surface area contributed by atoms with Crippen LogP contribution >= 0.6 is 0 Å². The number of carbonyl (C=O) groups excluding carboxylic acids is 2. The van der Waals surface area contributed by atoms with E-state index in [2.05, 4.69) is 10.6 Å². The second kappa shape index (κ2) is 7.17. The lowest BCUT2D eigenvalue weighted by Crippen LogP contribution is -2.59. The predicted molar refractivity (Wildman–Crippen MR) is 90.6 cm³/mol. The van der Waals surface area contributed by atoms with Crippen LogP contribution in [0.25, 0.3) is 0 Å². The summed E-state index contributed by atoms with van der Waals surface area (Å²) in [7, 11) is 0. The highest BCUT2D eigenvalue weighted by atomic mass is 19.4. The highest BCUT2D eigenvalue weighted by Crippen LogP contribution is 2.37. The molecule has 5 nitrogen and oxygen atoms in total. The molecule has 0 spiro atoms. The number of halogens is 3. The van der Waals surface area contributed by atoms with Gasteiger partial charge >= 0.3 is 12.2 Å². The van der Waals surface area contributed by atoms with Gasteiger partial charge in [-0.25, -0.2) is 4.79 Å². The summed E-state index contributed by atoms with van der Waals surface area (Å²) in [6.07, 6.45) is -0.708. The third-order valence-electron chi connectivity index (χ3n) is 5.09. The van der Waals surface area contributed by atoms with E-state index in [1.807, 2.05) is 0 Å². The van der Waals surface area contributed by atoms with Gasteiger partial charge in [-0.2, -0.15) is 13.2 Å². The van der Waals surface area contributed by atoms with Crippen LogP contribution in [-0.2, 0) is 11.0 Å². The predicted octanol–water partition coefficient (Wildman–Crippen LogP) is 3.76. The highest BCUT2D eigenvalue weighted by Gasteiger charge is 2.42. The molecule has 2 aliphatic heterocycles. The van der Waals surface area contributed by atoms with Gasteiger partial charge in [0, 0.05) is 25.0 Å². The Balaban J connectivity index is 1.76. The maximum absolute atomic E-state index is 13.1. The van der Waals surface area contributed by atoms with Crippen LogP contribution in [0.2, 0.25) is 0 Å². The molecule has 2 atom stereocenters. The maximum atomic E-state index is 13.1. The number of hydrogen-bond acceptors (Lipinski definition) is 2. The first kappa shape index (κ1) is 18.5. The minimum absolute atomic E-state index is 0.00862. The molecular weight excluding hydrogens is 347 g/mol. The van der Waals surface area contributed by atoms with Gasteiger partial charge in [0.2, 0.25) is 5.91 Å². The van der Waals surface area contributed by atoms with Crippen molar-refractivity contribution in [2.24, 2.45) is 0 Å². The Morgan fingerprint density at radius 2 is 1.73 bits per heavy atom. The Kier molecular flexibility index (Phi) is 5.11. The van der Waals surface area contributed by atoms with Crippen molar-refractivity contribution < 1.29 is 22.8 Å². The van der Waals surface area contributed by atoms with Crippen molar-refractivity contribution in [1.82, 2.24) is 10.2 Å². The molecular formula is C18H22F3N3O2. The molecule has 0 radical (unpaired) electrons. The summed E-state index contributed by atoms with van der Waals surface area (Å²) in [5.74, 6) is -0.106. The fourth-order valence-corrected chi connectivity index (χ4v) is 4.14. The van der Waals surface area contributed by atoms with Gasteiger partial charge in [-0.05, 0) is 44.2 Å². The van der Waals surface area contributed by atoms with Gasteiger partial charge in [-0.3, -0.25) is 4.79 Å². The molecule has 2 bridgehead atoms. The summed E-state index contributed by atoms with van der Waals surface area (Å²) in [5.41, 5.74) is -1.08. The van der Waals surface area contributed by atoms with E-state index >= 15 is 0 Å². The number of anilines is 1. The van der Waals surface area contributed by atoms with Crippen molar-refractivity contribution in [1.29, 1.82) is 0 Å². The minimum atomic E-state index is -4.53. The number of hydrogen-bond donors (Lipinski definition) is 2. The standard InChI is InChI=1S/C18H22F3N3O2/c1-11(25)22-12-9-13-5-4-6-14(10-12)24(13)17(26)23-16-8-3-2-7-15(16)18(19,20)21/h2-3,7-8,12-14H,4-6,9-10H2,1H3,(H,22,25)(H,23,26). The molecule has 2 N–H and O–H groups in total. The lowest BCUT2D eigenvalue weighted by Gasteiger charge is -2.48. The molecule has 142 valence electrons. The smallest absolute Gasteiger partial charge is 0.353 e. The summed E-state index contributed by atoms with van der Waals surface area (Å²) in [5, 5.41) is 5.35. The van der Waals surface area contributed by atoms with Crippen LogP contribution in [0.1, 0.15) is 44.6 Å². The number of fused-ring (bicyclic) bond motifs is 2. The largest absolute Gasteiger partial charge is 0.418 e. The van der Waals surface area contributed by atoms with Crippen LogP contribution in [0, 0.1) is 0 Å². The van der Waals surface area contributed by atoms with Gasteiger partial charge in [0.05, 0.1) is 11.3 Å². The average molecular weight is 369 g/mol. The van der Waals surface area contributed by atoms with Crippen LogP contribution in [0.3, 0.4) is 0 Å². The molecule has 2 fully saturated rings. The molecule has 26 heavy (non-hydrogen) atoms. The van der Waals surface area contributed by atoms with Gasteiger partial charge in [-0.15, -0.1) is 0 Å². The van der Waals surface area contributed by atoms with Crippen LogP contribution in [0.15, 0.2) is 24.3 Å². The molecule has 2 aliphatic rings. The average Bonchev–Trinajstić information content (AvgIpc) is 2.52. The number of nitrogens with one attached hydrogen (secondary N) is 2. The van der Waals surface area contributed by atoms with Crippen molar-refractivity contribution in [3.05, 3.63) is 29.8 Å². The fraction of sp³-hybridized carbons (Fsp3) is 0.556. The van der Waals surface area contributed by atoms with E-state index in [4.69, 9.17) is 0 Å². The number of carbonyl (C=O) groups is 2. The molecule has 0 aliphatic carbocycles. The van der Waals surface area contributed by atoms with E-state index in [-0.39, 0.29) is 29.7 Å². The number of alkyl halides is 3. The molecule has 2 unspecified atom stereocenters. The summed E-state index contributed by atoms with van der Waals surface area (Å²) < 4.78 is 39.4. The number of benzene rings is 1. The van der Waals surface area contributed by atoms with Crippen molar-refractivity contribution in [3.8, 4) is 0 Å². The molecule has 1 aromatic carbocycles. The number of urea groups is 1. The quantitative estimate of drug-likeness (QED) is 0.834. The van der Waals surface area contributed by atoms with Crippen molar-refractivity contribution >= 4 is 17.6 Å². The molecule has 0 aromatic heterocycles. The first-order chi connectivity index (χ1) is 12.3. The Morgan fingerprint density at radius 1 is 1.12 bits per heavy atom. The third kappa shape index (κ3) is 3.94. The van der Waals surface area contributed by atoms with Crippen LogP contribution in [-0.4, -0.2) is 35.0 Å². The van der Waals surface area contributed by atoms with E-state index in [1.54, 1.807) is 4.90 Å². The van der Waals surface area contributed by atoms with Gasteiger partial charge in [0.25, 0.3) is 0 Å². The topological polar surface area (TPSA) is 61.4 Å². The zero-order valence-electron chi connectivity index (χ0n) is 14.5. The van der Waals surface area contributed by atoms with Crippen molar-refractivity contribution in [3.63, 3.8) is 0 Å². The number of nitrogens with zero attached hydrogens (tertiary/aromatic N) is 1. The Morgan fingerprint density at radius 3 is 2.31 bits per heavy atom. The van der Waals surface area contributed by atoms with Gasteiger partial charge in [0.1, 0.15) is 0 Å². The third-order valence-corrected chi connectivity index (χ3v) is 5.09. The first-order valence-electron chi connectivity index (χ1n) is 8.78. The highest BCUT2D eigenvalue weighted by molar-refractivity contribution is 5.91. The second-order valence-corrected chi connectivity index (χ2v) is 6.99. The van der Waals surface area contributed by atoms with E-state index in [9.17, 15) is 22.8 Å². The Labute approximate surface area is 149 Å². The monoisotopic (exact) mass is 369 g/mol. The molecule has 2 heterocycles. The normalized spacial score (nSPS) is 25.5. The summed E-state index contributed by atoms with van der Waals surface area (Å²) in [4.78, 5) is 25.7. The van der Waals surface area contributed by atoms with Gasteiger partial charge in [-0.1, -0.05) is 12.1 Å². The molecule has 2 saturated heterocycles. The molecule has 3 amide bonds. The zero-order valence-corrected chi connectivity index (χ0v) is 14.5. The molecule has 8 heteroatoms. The molecule has 3 rings (SSSR count). The van der Waals surface area contributed by atoms with Crippen molar-refractivity contribution in [2.75, 3.05) is 5.32 Å². The first-order valence-corrected chi connectivity index (χ1v) is 8.78. The Bertz CT molecular complexity index is 679. The zero-order chi connectivity index (χ0) is 18.9. The van der Waals surface area contributed by atoms with Gasteiger partial charge in [0.15, 0.2) is 0 Å². The minimum Gasteiger partial charge on any atom is -0.353 e. The maximum Gasteiger partial charge on any atom is 0.418 e. The fourth-order valence-electron chi connectivity index (χ4n) is 4.14. The molecule has 0 saturated carbocycles. The second-order valence-electron chi connectivity index (χ2n) is 6.99. The number of rotatable bonds is 2. The van der Waals surface area contributed by atoms with E-state index < -0.39 is 17.8 Å². The van der Waals surface area contributed by atoms with Crippen LogP contribution < -0.4 is 10.6 Å². The SMILES string of the molecule is CC(=O)NC1CC2CCCC(C1)N2C(=O)Nc1ccccc1C(F)(F)F.